The number of furan rings is 3. The third-order valence-corrected chi connectivity index (χ3v) is 6.75. The van der Waals surface area contributed by atoms with Crippen LogP contribution in [-0.4, -0.2) is 0 Å². The Morgan fingerprint density at radius 1 is 0.812 bits per heavy atom. The summed E-state index contributed by atoms with van der Waals surface area (Å²) in [4.78, 5) is 0. The molecule has 4 aromatic heterocycles. The molecule has 0 spiro atoms. The van der Waals surface area contributed by atoms with Gasteiger partial charge in [0.25, 0.3) is 0 Å². The van der Waals surface area contributed by atoms with E-state index in [0.717, 1.165) is 77.6 Å². The third-order valence-electron chi connectivity index (χ3n) is 6.75. The van der Waals surface area contributed by atoms with Crippen LogP contribution >= 0.6 is 0 Å². The smallest absolute Gasteiger partial charge is 0.228 e. The molecule has 0 saturated carbocycles. The van der Waals surface area contributed by atoms with Gasteiger partial charge in [-0.3, -0.25) is 0 Å². The molecular weight excluding hydrogens is 402 g/mol. The highest BCUT2D eigenvalue weighted by Gasteiger charge is 2.34. The minimum Gasteiger partial charge on any atom is -0.460 e. The second-order valence-electron chi connectivity index (χ2n) is 8.49. The molecule has 0 atom stereocenters. The molecule has 5 nitrogen and oxygen atoms in total. The van der Waals surface area contributed by atoms with Gasteiger partial charge in [0.1, 0.15) is 29.3 Å². The van der Waals surface area contributed by atoms with E-state index in [1.165, 1.54) is 0 Å². The Balaban J connectivity index is 1.59. The predicted molar refractivity (Wildman–Crippen MR) is 122 cm³/mol. The Labute approximate surface area is 181 Å². The summed E-state index contributed by atoms with van der Waals surface area (Å²) in [6.07, 6.45) is 3.75. The van der Waals surface area contributed by atoms with Crippen molar-refractivity contribution in [1.29, 1.82) is 0 Å². The van der Waals surface area contributed by atoms with Crippen molar-refractivity contribution < 1.29 is 22.6 Å². The average molecular weight is 418 g/mol. The van der Waals surface area contributed by atoms with Gasteiger partial charge in [-0.2, -0.15) is 0 Å². The van der Waals surface area contributed by atoms with Gasteiger partial charge >= 0.3 is 0 Å². The number of aromatic nitrogens is 1. The van der Waals surface area contributed by atoms with Crippen molar-refractivity contribution >= 4 is 54.8 Å². The number of fused-ring (bicyclic) bond motifs is 9. The summed E-state index contributed by atoms with van der Waals surface area (Å²) >= 11 is 0. The SMILES string of the molecule is Cc1c2c(cc3oc4ccccc4c13)Oc1c3oc4ccoc4c3cc3cc[n+](C)c-2c13. The number of ether oxygens (including phenoxy) is 1. The van der Waals surface area contributed by atoms with Crippen LogP contribution in [0, 0.1) is 6.92 Å². The molecule has 0 fully saturated rings. The van der Waals surface area contributed by atoms with E-state index >= 15 is 0 Å². The molecule has 3 aromatic carbocycles. The van der Waals surface area contributed by atoms with E-state index in [9.17, 15) is 0 Å². The summed E-state index contributed by atoms with van der Waals surface area (Å²) in [7, 11) is 2.07. The van der Waals surface area contributed by atoms with E-state index in [1.807, 2.05) is 30.3 Å². The Morgan fingerprint density at radius 3 is 2.66 bits per heavy atom. The van der Waals surface area contributed by atoms with E-state index < -0.39 is 0 Å². The van der Waals surface area contributed by atoms with E-state index in [2.05, 4.69) is 42.9 Å². The number of hydrogen-bond donors (Lipinski definition) is 0. The molecule has 1 aliphatic heterocycles. The van der Waals surface area contributed by atoms with Crippen LogP contribution in [0.2, 0.25) is 0 Å². The Kier molecular flexibility index (Phi) is 2.73. The van der Waals surface area contributed by atoms with Gasteiger partial charge in [-0.1, -0.05) is 18.2 Å². The van der Waals surface area contributed by atoms with Gasteiger partial charge in [0.05, 0.1) is 17.2 Å². The van der Waals surface area contributed by atoms with Crippen molar-refractivity contribution in [3.8, 4) is 22.8 Å². The number of rotatable bonds is 0. The molecule has 0 saturated heterocycles. The van der Waals surface area contributed by atoms with E-state index in [1.54, 1.807) is 6.26 Å². The minimum absolute atomic E-state index is 0.701. The minimum atomic E-state index is 0.701. The first-order chi connectivity index (χ1) is 15.7. The topological polar surface area (TPSA) is 52.5 Å². The van der Waals surface area contributed by atoms with Gasteiger partial charge in [0.2, 0.25) is 5.69 Å². The van der Waals surface area contributed by atoms with Crippen LogP contribution in [0.25, 0.3) is 66.1 Å². The van der Waals surface area contributed by atoms with Crippen LogP contribution in [-0.2, 0) is 7.05 Å². The van der Waals surface area contributed by atoms with Gasteiger partial charge in [-0.25, -0.2) is 4.57 Å². The molecular formula is C27H16NO4+. The summed E-state index contributed by atoms with van der Waals surface area (Å²) in [6.45, 7) is 2.15. The number of nitrogens with zero attached hydrogens (tertiary/aromatic N) is 1. The fourth-order valence-corrected chi connectivity index (χ4v) is 5.37. The van der Waals surface area contributed by atoms with Gasteiger partial charge in [0, 0.05) is 29.0 Å². The third kappa shape index (κ3) is 1.79. The summed E-state index contributed by atoms with van der Waals surface area (Å²) in [6, 6.07) is 16.2. The second-order valence-corrected chi connectivity index (χ2v) is 8.49. The zero-order valence-corrected chi connectivity index (χ0v) is 17.4. The fraction of sp³-hybridized carbons (Fsp3) is 0.0741. The van der Waals surface area contributed by atoms with Crippen molar-refractivity contribution in [3.05, 3.63) is 66.6 Å². The Morgan fingerprint density at radius 2 is 1.72 bits per heavy atom. The van der Waals surface area contributed by atoms with Gasteiger partial charge in [0.15, 0.2) is 28.7 Å². The molecule has 0 amide bonds. The number of hydrogen-bond acceptors (Lipinski definition) is 4. The molecule has 0 aliphatic carbocycles. The highest BCUT2D eigenvalue weighted by Crippen LogP contribution is 2.52. The summed E-state index contributed by atoms with van der Waals surface area (Å²) in [5, 5.41) is 5.28. The molecule has 1 aliphatic rings. The average Bonchev–Trinajstić information content (AvgIpc) is 3.48. The first-order valence-electron chi connectivity index (χ1n) is 10.6. The second kappa shape index (κ2) is 5.32. The maximum Gasteiger partial charge on any atom is 0.228 e. The molecule has 5 heteroatoms. The van der Waals surface area contributed by atoms with Gasteiger partial charge < -0.3 is 18.0 Å². The Hall–Kier alpha value is -4.25. The number of para-hydroxylation sites is 1. The lowest BCUT2D eigenvalue weighted by atomic mass is 9.92. The lowest BCUT2D eigenvalue weighted by molar-refractivity contribution is -0.659. The standard InChI is InChI=1S/C27H16NO4/c1-13-21-15-5-3-4-6-17(15)30-19(21)12-20-22(13)24-23-14(7-9-28(24)2)11-16-25-18(8-10-29-25)31-26(16)27(23)32-20/h3-12H,1-2H3/q+1. The van der Waals surface area contributed by atoms with Crippen molar-refractivity contribution in [2.75, 3.05) is 0 Å². The van der Waals surface area contributed by atoms with Crippen molar-refractivity contribution in [3.63, 3.8) is 0 Å². The van der Waals surface area contributed by atoms with E-state index in [0.29, 0.717) is 5.58 Å². The van der Waals surface area contributed by atoms with Crippen molar-refractivity contribution in [2.45, 2.75) is 6.92 Å². The molecule has 8 rings (SSSR count). The molecule has 32 heavy (non-hydrogen) atoms. The highest BCUT2D eigenvalue weighted by molar-refractivity contribution is 6.17. The molecule has 0 unspecified atom stereocenters. The molecule has 7 aromatic rings. The normalized spacial score (nSPS) is 12.9. The largest absolute Gasteiger partial charge is 0.460 e. The molecule has 5 heterocycles. The monoisotopic (exact) mass is 418 g/mol. The van der Waals surface area contributed by atoms with Crippen LogP contribution in [0.15, 0.2) is 74.2 Å². The van der Waals surface area contributed by atoms with Crippen LogP contribution in [0.5, 0.6) is 11.5 Å². The zero-order chi connectivity index (χ0) is 21.1. The quantitative estimate of drug-likeness (QED) is 0.246. The first-order valence-corrected chi connectivity index (χ1v) is 10.6. The number of benzene rings is 3. The number of pyridine rings is 1. The molecule has 152 valence electrons. The maximum absolute atomic E-state index is 6.59. The first kappa shape index (κ1) is 16.4. The van der Waals surface area contributed by atoms with Gasteiger partial charge in [-0.05, 0) is 30.0 Å². The molecule has 0 N–H and O–H groups in total. The van der Waals surface area contributed by atoms with Crippen LogP contribution in [0.4, 0.5) is 0 Å². The van der Waals surface area contributed by atoms with Crippen LogP contribution in [0.1, 0.15) is 5.56 Å². The lowest BCUT2D eigenvalue weighted by Crippen LogP contribution is -2.31. The van der Waals surface area contributed by atoms with E-state index in [4.69, 9.17) is 18.0 Å². The summed E-state index contributed by atoms with van der Waals surface area (Å²) in [5.41, 5.74) is 7.19. The fourth-order valence-electron chi connectivity index (χ4n) is 5.37. The Bertz CT molecular complexity index is 1930. The van der Waals surface area contributed by atoms with E-state index in [-0.39, 0.29) is 0 Å². The highest BCUT2D eigenvalue weighted by atomic mass is 16.5. The predicted octanol–water partition coefficient (Wildman–Crippen LogP) is 7.14. The molecule has 0 bridgehead atoms. The maximum atomic E-state index is 6.59. The van der Waals surface area contributed by atoms with Gasteiger partial charge in [-0.15, -0.1) is 0 Å². The van der Waals surface area contributed by atoms with Crippen molar-refractivity contribution in [1.82, 2.24) is 0 Å². The van der Waals surface area contributed by atoms with Crippen LogP contribution in [0.3, 0.4) is 0 Å². The molecule has 0 radical (unpaired) electrons. The van der Waals surface area contributed by atoms with Crippen LogP contribution < -0.4 is 9.30 Å². The summed E-state index contributed by atoms with van der Waals surface area (Å²) < 4.78 is 26.8. The summed E-state index contributed by atoms with van der Waals surface area (Å²) in [5.74, 6) is 1.49. The lowest BCUT2D eigenvalue weighted by Gasteiger charge is -2.21. The number of aryl methyl sites for hydroxylation is 2. The zero-order valence-electron chi connectivity index (χ0n) is 17.4. The van der Waals surface area contributed by atoms with Crippen molar-refractivity contribution in [2.24, 2.45) is 7.05 Å².